The molecule has 224 valence electrons. The summed E-state index contributed by atoms with van der Waals surface area (Å²) in [4.78, 5) is 0. The van der Waals surface area contributed by atoms with Gasteiger partial charge in [0.25, 0.3) is 0 Å². The highest BCUT2D eigenvalue weighted by Gasteiger charge is 2.23. The number of benzene rings is 6. The summed E-state index contributed by atoms with van der Waals surface area (Å²) >= 11 is 0. The molecule has 6 aromatic rings. The second-order valence-corrected chi connectivity index (χ2v) is 12.3. The maximum atomic E-state index is 6.20. The number of hydrogen-bond acceptors (Lipinski definition) is 3. The van der Waals surface area contributed by atoms with E-state index in [0.29, 0.717) is 23.0 Å². The van der Waals surface area contributed by atoms with E-state index in [0.717, 1.165) is 11.5 Å². The van der Waals surface area contributed by atoms with Crippen LogP contribution >= 0.6 is 0 Å². The van der Waals surface area contributed by atoms with Gasteiger partial charge in [0.15, 0.2) is 0 Å². The molecule has 0 saturated carbocycles. The molecule has 0 fully saturated rings. The molecule has 0 bridgehead atoms. The van der Waals surface area contributed by atoms with Crippen molar-refractivity contribution in [3.63, 3.8) is 0 Å². The molecule has 0 aliphatic carbocycles. The fourth-order valence-electron chi connectivity index (χ4n) is 5.53. The SMILES string of the molecule is CC(C)(c1ccccc1)c1ccc(Oc2cccc(Oc3cccc(Oc4ccc(C(C)(C)c5ccccc5)cc4)c3)c2)cc1. The molecule has 6 aromatic carbocycles. The van der Waals surface area contributed by atoms with Gasteiger partial charge in [0.05, 0.1) is 0 Å². The van der Waals surface area contributed by atoms with E-state index in [9.17, 15) is 0 Å². The predicted octanol–water partition coefficient (Wildman–Crippen LogP) is 11.7. The highest BCUT2D eigenvalue weighted by Crippen LogP contribution is 2.36. The Bertz CT molecular complexity index is 1700. The van der Waals surface area contributed by atoms with E-state index in [1.807, 2.05) is 84.9 Å². The zero-order valence-corrected chi connectivity index (χ0v) is 26.2. The molecule has 0 spiro atoms. The van der Waals surface area contributed by atoms with Crippen LogP contribution in [0.1, 0.15) is 49.9 Å². The summed E-state index contributed by atoms with van der Waals surface area (Å²) in [5.74, 6) is 4.31. The fraction of sp³-hybridized carbons (Fsp3) is 0.143. The minimum Gasteiger partial charge on any atom is -0.457 e. The van der Waals surface area contributed by atoms with E-state index in [1.54, 1.807) is 0 Å². The molecular weight excluding hydrogens is 552 g/mol. The van der Waals surface area contributed by atoms with Gasteiger partial charge < -0.3 is 14.2 Å². The van der Waals surface area contributed by atoms with Crippen LogP contribution in [-0.2, 0) is 10.8 Å². The van der Waals surface area contributed by atoms with E-state index in [1.165, 1.54) is 22.3 Å². The average molecular weight is 591 g/mol. The molecular formula is C42H38O3. The smallest absolute Gasteiger partial charge is 0.131 e. The molecule has 0 N–H and O–H groups in total. The molecule has 0 atom stereocenters. The number of hydrogen-bond donors (Lipinski definition) is 0. The van der Waals surface area contributed by atoms with Crippen LogP contribution in [-0.4, -0.2) is 0 Å². The number of rotatable bonds is 10. The Hall–Kier alpha value is -5.28. The van der Waals surface area contributed by atoms with E-state index in [2.05, 4.69) is 100 Å². The van der Waals surface area contributed by atoms with Crippen molar-refractivity contribution in [2.75, 3.05) is 0 Å². The third-order valence-corrected chi connectivity index (χ3v) is 8.46. The zero-order chi connectivity index (χ0) is 31.3. The average Bonchev–Trinajstić information content (AvgIpc) is 3.06. The maximum Gasteiger partial charge on any atom is 0.131 e. The summed E-state index contributed by atoms with van der Waals surface area (Å²) in [5, 5.41) is 0. The minimum absolute atomic E-state index is 0.103. The van der Waals surface area contributed by atoms with Gasteiger partial charge in [-0.2, -0.15) is 0 Å². The van der Waals surface area contributed by atoms with Crippen LogP contribution < -0.4 is 14.2 Å². The Kier molecular flexibility index (Phi) is 8.44. The Labute approximate surface area is 266 Å². The standard InChI is InChI=1S/C42H38O3/c1-41(2,31-13-7-5-8-14-31)33-21-25-35(26-22-33)43-37-17-11-19-39(29-37)45-40-20-12-18-38(30-40)44-36-27-23-34(24-28-36)42(3,4)32-15-9-6-10-16-32/h5-30H,1-4H3. The molecule has 0 aliphatic heterocycles. The van der Waals surface area contributed by atoms with E-state index < -0.39 is 0 Å². The third kappa shape index (κ3) is 6.94. The lowest BCUT2D eigenvalue weighted by molar-refractivity contribution is 0.451. The predicted molar refractivity (Wildman–Crippen MR) is 183 cm³/mol. The molecule has 45 heavy (non-hydrogen) atoms. The van der Waals surface area contributed by atoms with Crippen molar-refractivity contribution in [2.45, 2.75) is 38.5 Å². The topological polar surface area (TPSA) is 27.7 Å². The van der Waals surface area contributed by atoms with Crippen molar-refractivity contribution in [3.05, 3.63) is 180 Å². The Morgan fingerprint density at radius 2 is 0.578 bits per heavy atom. The van der Waals surface area contributed by atoms with Crippen molar-refractivity contribution >= 4 is 0 Å². The molecule has 0 aliphatic rings. The molecule has 6 rings (SSSR count). The molecule has 0 radical (unpaired) electrons. The Morgan fingerprint density at radius 3 is 0.911 bits per heavy atom. The van der Waals surface area contributed by atoms with Gasteiger partial charge in [0.1, 0.15) is 34.5 Å². The molecule has 0 aromatic heterocycles. The van der Waals surface area contributed by atoms with Gasteiger partial charge in [-0.25, -0.2) is 0 Å². The molecule has 0 heterocycles. The van der Waals surface area contributed by atoms with Crippen LogP contribution in [0.5, 0.6) is 34.5 Å². The second-order valence-electron chi connectivity index (χ2n) is 12.3. The van der Waals surface area contributed by atoms with Gasteiger partial charge in [0, 0.05) is 23.0 Å². The van der Waals surface area contributed by atoms with Crippen LogP contribution in [0.15, 0.2) is 158 Å². The lowest BCUT2D eigenvalue weighted by Crippen LogP contribution is -2.18. The largest absolute Gasteiger partial charge is 0.457 e. The van der Waals surface area contributed by atoms with Crippen molar-refractivity contribution in [1.29, 1.82) is 0 Å². The van der Waals surface area contributed by atoms with Crippen molar-refractivity contribution in [1.82, 2.24) is 0 Å². The van der Waals surface area contributed by atoms with Crippen LogP contribution in [0.3, 0.4) is 0 Å². The first kappa shape index (κ1) is 29.8. The van der Waals surface area contributed by atoms with Gasteiger partial charge in [-0.1, -0.05) is 125 Å². The highest BCUT2D eigenvalue weighted by atomic mass is 16.5. The first-order valence-electron chi connectivity index (χ1n) is 15.3. The Balaban J connectivity index is 1.10. The molecule has 3 heteroatoms. The van der Waals surface area contributed by atoms with Gasteiger partial charge in [-0.05, 0) is 70.8 Å². The minimum atomic E-state index is -0.103. The van der Waals surface area contributed by atoms with Gasteiger partial charge in [0.2, 0.25) is 0 Å². The van der Waals surface area contributed by atoms with Crippen LogP contribution in [0.2, 0.25) is 0 Å². The first-order valence-corrected chi connectivity index (χ1v) is 15.3. The van der Waals surface area contributed by atoms with Crippen LogP contribution in [0, 0.1) is 0 Å². The second kappa shape index (κ2) is 12.8. The van der Waals surface area contributed by atoms with Gasteiger partial charge >= 0.3 is 0 Å². The lowest BCUT2D eigenvalue weighted by Gasteiger charge is -2.26. The van der Waals surface area contributed by atoms with Crippen LogP contribution in [0.25, 0.3) is 0 Å². The van der Waals surface area contributed by atoms with Gasteiger partial charge in [-0.15, -0.1) is 0 Å². The third-order valence-electron chi connectivity index (χ3n) is 8.46. The quantitative estimate of drug-likeness (QED) is 0.159. The molecule has 0 saturated heterocycles. The van der Waals surface area contributed by atoms with Gasteiger partial charge in [-0.3, -0.25) is 0 Å². The fourth-order valence-corrected chi connectivity index (χ4v) is 5.53. The first-order chi connectivity index (χ1) is 21.8. The molecule has 3 nitrogen and oxygen atoms in total. The van der Waals surface area contributed by atoms with E-state index in [4.69, 9.17) is 14.2 Å². The highest BCUT2D eigenvalue weighted by molar-refractivity contribution is 5.45. The van der Waals surface area contributed by atoms with Crippen molar-refractivity contribution in [3.8, 4) is 34.5 Å². The zero-order valence-electron chi connectivity index (χ0n) is 26.2. The maximum absolute atomic E-state index is 6.20. The summed E-state index contributed by atoms with van der Waals surface area (Å²) in [5.41, 5.74) is 4.81. The molecule has 0 amide bonds. The molecule has 0 unspecified atom stereocenters. The van der Waals surface area contributed by atoms with E-state index in [-0.39, 0.29) is 10.8 Å². The summed E-state index contributed by atoms with van der Waals surface area (Å²) < 4.78 is 18.6. The monoisotopic (exact) mass is 590 g/mol. The summed E-state index contributed by atoms with van der Waals surface area (Å²) in [6.45, 7) is 8.95. The van der Waals surface area contributed by atoms with E-state index >= 15 is 0 Å². The van der Waals surface area contributed by atoms with Crippen molar-refractivity contribution in [2.24, 2.45) is 0 Å². The van der Waals surface area contributed by atoms with Crippen LogP contribution in [0.4, 0.5) is 0 Å². The normalized spacial score (nSPS) is 11.6. The summed E-state index contributed by atoms with van der Waals surface area (Å²) in [6.07, 6.45) is 0. The van der Waals surface area contributed by atoms with Crippen molar-refractivity contribution < 1.29 is 14.2 Å². The summed E-state index contributed by atoms with van der Waals surface area (Å²) in [7, 11) is 0. The summed E-state index contributed by atoms with van der Waals surface area (Å²) in [6, 6.07) is 53.0. The lowest BCUT2D eigenvalue weighted by atomic mass is 9.78. The number of ether oxygens (including phenoxy) is 3. The Morgan fingerprint density at radius 1 is 0.289 bits per heavy atom.